The quantitative estimate of drug-likeness (QED) is 0.400. The molecule has 0 aliphatic carbocycles. The molecule has 0 aliphatic rings. The SMILES string of the molecule is CCOCCOC(=NCCCOC)NC(=O)c1ccc(OC)cc1. The number of amides is 1. The van der Waals surface area contributed by atoms with E-state index in [0.717, 1.165) is 6.42 Å². The molecule has 7 nitrogen and oxygen atoms in total. The van der Waals surface area contributed by atoms with Crippen molar-refractivity contribution < 1.29 is 23.7 Å². The molecular weight excluding hydrogens is 312 g/mol. The molecule has 1 rings (SSSR count). The number of methoxy groups -OCH3 is 2. The molecule has 1 N–H and O–H groups in total. The maximum absolute atomic E-state index is 12.3. The predicted octanol–water partition coefficient (Wildman–Crippen LogP) is 1.87. The fourth-order valence-electron chi connectivity index (χ4n) is 1.76. The average molecular weight is 338 g/mol. The molecule has 7 heteroatoms. The van der Waals surface area contributed by atoms with Gasteiger partial charge in [0.1, 0.15) is 12.4 Å². The zero-order chi connectivity index (χ0) is 17.6. The van der Waals surface area contributed by atoms with Gasteiger partial charge in [0.25, 0.3) is 11.9 Å². The van der Waals surface area contributed by atoms with E-state index in [4.69, 9.17) is 18.9 Å². The van der Waals surface area contributed by atoms with E-state index in [0.29, 0.717) is 44.3 Å². The first-order valence-electron chi connectivity index (χ1n) is 7.90. The second kappa shape index (κ2) is 12.3. The Morgan fingerprint density at radius 1 is 1.12 bits per heavy atom. The molecule has 1 aromatic rings. The summed E-state index contributed by atoms with van der Waals surface area (Å²) in [5, 5.41) is 2.68. The van der Waals surface area contributed by atoms with Gasteiger partial charge in [-0.05, 0) is 37.6 Å². The number of carbonyl (C=O) groups excluding carboxylic acids is 1. The van der Waals surface area contributed by atoms with Crippen LogP contribution in [-0.2, 0) is 14.2 Å². The molecule has 0 aromatic heterocycles. The monoisotopic (exact) mass is 338 g/mol. The first-order valence-corrected chi connectivity index (χ1v) is 7.90. The lowest BCUT2D eigenvalue weighted by Crippen LogP contribution is -2.33. The zero-order valence-corrected chi connectivity index (χ0v) is 14.5. The van der Waals surface area contributed by atoms with Gasteiger partial charge in [-0.25, -0.2) is 4.99 Å². The number of hydrogen-bond acceptors (Lipinski definition) is 6. The molecule has 24 heavy (non-hydrogen) atoms. The van der Waals surface area contributed by atoms with Crippen molar-refractivity contribution in [3.8, 4) is 5.75 Å². The first kappa shape index (κ1) is 19.9. The zero-order valence-electron chi connectivity index (χ0n) is 14.5. The van der Waals surface area contributed by atoms with Crippen LogP contribution in [0.4, 0.5) is 0 Å². The maximum atomic E-state index is 12.3. The normalized spacial score (nSPS) is 11.2. The summed E-state index contributed by atoms with van der Waals surface area (Å²) < 4.78 is 20.8. The molecule has 0 spiro atoms. The van der Waals surface area contributed by atoms with Gasteiger partial charge in [-0.1, -0.05) is 0 Å². The Hall–Kier alpha value is -2.12. The highest BCUT2D eigenvalue weighted by atomic mass is 16.5. The number of benzene rings is 1. The fourth-order valence-corrected chi connectivity index (χ4v) is 1.76. The third kappa shape index (κ3) is 7.94. The van der Waals surface area contributed by atoms with E-state index in [1.807, 2.05) is 6.92 Å². The van der Waals surface area contributed by atoms with Crippen molar-refractivity contribution in [2.24, 2.45) is 4.99 Å². The van der Waals surface area contributed by atoms with E-state index in [9.17, 15) is 4.79 Å². The number of amidine groups is 1. The van der Waals surface area contributed by atoms with Gasteiger partial charge in [-0.2, -0.15) is 0 Å². The molecule has 0 radical (unpaired) electrons. The van der Waals surface area contributed by atoms with Crippen LogP contribution in [0.3, 0.4) is 0 Å². The van der Waals surface area contributed by atoms with Crippen LogP contribution < -0.4 is 10.1 Å². The van der Waals surface area contributed by atoms with Crippen LogP contribution in [0.2, 0.25) is 0 Å². The van der Waals surface area contributed by atoms with Crippen molar-refractivity contribution in [2.75, 3.05) is 47.2 Å². The minimum Gasteiger partial charge on any atom is -0.497 e. The summed E-state index contributed by atoms with van der Waals surface area (Å²) in [5.74, 6) is 0.396. The highest BCUT2D eigenvalue weighted by Gasteiger charge is 2.10. The van der Waals surface area contributed by atoms with Crippen LogP contribution >= 0.6 is 0 Å². The van der Waals surface area contributed by atoms with Gasteiger partial charge >= 0.3 is 0 Å². The van der Waals surface area contributed by atoms with E-state index in [1.54, 1.807) is 38.5 Å². The number of hydrogen-bond donors (Lipinski definition) is 1. The van der Waals surface area contributed by atoms with Crippen LogP contribution in [-0.4, -0.2) is 59.1 Å². The molecule has 0 aliphatic heterocycles. The van der Waals surface area contributed by atoms with Gasteiger partial charge < -0.3 is 18.9 Å². The van der Waals surface area contributed by atoms with Gasteiger partial charge in [-0.3, -0.25) is 10.1 Å². The summed E-state index contributed by atoms with van der Waals surface area (Å²) >= 11 is 0. The van der Waals surface area contributed by atoms with Crippen molar-refractivity contribution in [2.45, 2.75) is 13.3 Å². The van der Waals surface area contributed by atoms with E-state index in [1.165, 1.54) is 0 Å². The number of nitrogens with one attached hydrogen (secondary N) is 1. The first-order chi connectivity index (χ1) is 11.7. The van der Waals surface area contributed by atoms with Crippen LogP contribution in [0.1, 0.15) is 23.7 Å². The maximum Gasteiger partial charge on any atom is 0.291 e. The molecular formula is C17H26N2O5. The summed E-state index contributed by atoms with van der Waals surface area (Å²) in [4.78, 5) is 16.5. The third-order valence-corrected chi connectivity index (χ3v) is 3.01. The topological polar surface area (TPSA) is 78.4 Å². The van der Waals surface area contributed by atoms with E-state index < -0.39 is 0 Å². The largest absolute Gasteiger partial charge is 0.497 e. The lowest BCUT2D eigenvalue weighted by molar-refractivity contribution is 0.0921. The lowest BCUT2D eigenvalue weighted by Gasteiger charge is -2.11. The van der Waals surface area contributed by atoms with Gasteiger partial charge in [-0.15, -0.1) is 0 Å². The van der Waals surface area contributed by atoms with E-state index in [2.05, 4.69) is 10.3 Å². The van der Waals surface area contributed by atoms with E-state index in [-0.39, 0.29) is 11.9 Å². The molecule has 0 bridgehead atoms. The van der Waals surface area contributed by atoms with Gasteiger partial charge in [0, 0.05) is 32.4 Å². The molecule has 0 saturated carbocycles. The van der Waals surface area contributed by atoms with Crippen LogP contribution in [0.5, 0.6) is 5.75 Å². The Kier molecular flexibility index (Phi) is 10.2. The smallest absolute Gasteiger partial charge is 0.291 e. The van der Waals surface area contributed by atoms with Crippen LogP contribution in [0.25, 0.3) is 0 Å². The Morgan fingerprint density at radius 3 is 2.50 bits per heavy atom. The summed E-state index contributed by atoms with van der Waals surface area (Å²) in [6.07, 6.45) is 0.743. The molecule has 1 aromatic carbocycles. The summed E-state index contributed by atoms with van der Waals surface area (Å²) in [6, 6.07) is 6.99. The summed E-state index contributed by atoms with van der Waals surface area (Å²) in [7, 11) is 3.21. The van der Waals surface area contributed by atoms with Gasteiger partial charge in [0.2, 0.25) is 0 Å². The lowest BCUT2D eigenvalue weighted by atomic mass is 10.2. The number of aliphatic imine (C=N–C) groups is 1. The molecule has 0 fully saturated rings. The second-order valence-corrected chi connectivity index (χ2v) is 4.76. The molecule has 1 amide bonds. The predicted molar refractivity (Wildman–Crippen MR) is 91.7 cm³/mol. The number of rotatable bonds is 10. The van der Waals surface area contributed by atoms with E-state index >= 15 is 0 Å². The van der Waals surface area contributed by atoms with Gasteiger partial charge in [0.15, 0.2) is 0 Å². The number of carbonyl (C=O) groups is 1. The van der Waals surface area contributed by atoms with Crippen molar-refractivity contribution in [3.05, 3.63) is 29.8 Å². The Labute approximate surface area is 143 Å². The number of ether oxygens (including phenoxy) is 4. The summed E-state index contributed by atoms with van der Waals surface area (Å²) in [5.41, 5.74) is 0.494. The van der Waals surface area contributed by atoms with Crippen molar-refractivity contribution >= 4 is 11.9 Å². The van der Waals surface area contributed by atoms with Gasteiger partial charge in [0.05, 0.1) is 13.7 Å². The average Bonchev–Trinajstić information content (AvgIpc) is 2.62. The Bertz CT molecular complexity index is 502. The minimum atomic E-state index is -0.292. The second-order valence-electron chi connectivity index (χ2n) is 4.76. The fraction of sp³-hybridized carbons (Fsp3) is 0.529. The molecule has 134 valence electrons. The van der Waals surface area contributed by atoms with Crippen LogP contribution in [0.15, 0.2) is 29.3 Å². The van der Waals surface area contributed by atoms with Crippen LogP contribution in [0, 0.1) is 0 Å². The van der Waals surface area contributed by atoms with Crippen molar-refractivity contribution in [1.82, 2.24) is 5.32 Å². The number of nitrogens with zero attached hydrogens (tertiary/aromatic N) is 1. The highest BCUT2D eigenvalue weighted by molar-refractivity contribution is 6.04. The highest BCUT2D eigenvalue weighted by Crippen LogP contribution is 2.11. The Morgan fingerprint density at radius 2 is 1.88 bits per heavy atom. The molecule has 0 heterocycles. The Balaban J connectivity index is 2.61. The van der Waals surface area contributed by atoms with Crippen molar-refractivity contribution in [3.63, 3.8) is 0 Å². The standard InChI is InChI=1S/C17H26N2O5/c1-4-23-12-13-24-17(18-10-5-11-21-2)19-16(20)14-6-8-15(22-3)9-7-14/h6-9H,4-5,10-13H2,1-3H3,(H,18,19,20). The summed E-state index contributed by atoms with van der Waals surface area (Å²) in [6.45, 7) is 4.38. The third-order valence-electron chi connectivity index (χ3n) is 3.01. The molecule has 0 unspecified atom stereocenters. The molecule has 0 atom stereocenters. The van der Waals surface area contributed by atoms with Crippen molar-refractivity contribution in [1.29, 1.82) is 0 Å². The molecule has 0 saturated heterocycles. The minimum absolute atomic E-state index is 0.187.